The minimum absolute atomic E-state index is 0.0732. The van der Waals surface area contributed by atoms with E-state index in [0.29, 0.717) is 24.7 Å². The Morgan fingerprint density at radius 3 is 2.62 bits per heavy atom. The Morgan fingerprint density at radius 1 is 1.21 bits per heavy atom. The van der Waals surface area contributed by atoms with E-state index < -0.39 is 11.7 Å². The van der Waals surface area contributed by atoms with Crippen LogP contribution in [-0.4, -0.2) is 58.0 Å². The molecule has 0 unspecified atom stereocenters. The first kappa shape index (κ1) is 28.1. The van der Waals surface area contributed by atoms with Crippen molar-refractivity contribution in [3.63, 3.8) is 0 Å². The SMILES string of the molecule is C=Cc1cnc(C(=O)Nc2ccc(C3CCN(C(=O)CNC(=O)OC(C)(C)C)CC3)cc2C2=CCCCC2)[nH]1. The average Bonchev–Trinajstić information content (AvgIpc) is 3.41. The first-order chi connectivity index (χ1) is 18.6. The number of hydrogen-bond acceptors (Lipinski definition) is 5. The number of nitrogens with zero attached hydrogens (tertiary/aromatic N) is 2. The molecule has 39 heavy (non-hydrogen) atoms. The number of likely N-dealkylation sites (tertiary alicyclic amines) is 1. The molecule has 2 aromatic rings. The number of aromatic nitrogens is 2. The molecule has 0 bridgehead atoms. The Bertz CT molecular complexity index is 1250. The molecule has 0 atom stereocenters. The van der Waals surface area contributed by atoms with Crippen molar-refractivity contribution < 1.29 is 19.1 Å². The second kappa shape index (κ2) is 12.3. The van der Waals surface area contributed by atoms with E-state index in [9.17, 15) is 14.4 Å². The summed E-state index contributed by atoms with van der Waals surface area (Å²) in [6.45, 7) is 10.2. The highest BCUT2D eigenvalue weighted by atomic mass is 16.6. The normalized spacial score (nSPS) is 16.3. The van der Waals surface area contributed by atoms with E-state index in [2.05, 4.69) is 45.4 Å². The third-order valence-corrected chi connectivity index (χ3v) is 7.06. The number of rotatable bonds is 7. The summed E-state index contributed by atoms with van der Waals surface area (Å²) in [6, 6.07) is 6.26. The van der Waals surface area contributed by atoms with Crippen LogP contribution in [0.5, 0.6) is 0 Å². The number of anilines is 1. The molecule has 3 N–H and O–H groups in total. The largest absolute Gasteiger partial charge is 0.444 e. The summed E-state index contributed by atoms with van der Waals surface area (Å²) in [5, 5.41) is 5.60. The number of carbonyl (C=O) groups excluding carboxylic acids is 3. The Hall–Kier alpha value is -3.88. The predicted octanol–water partition coefficient (Wildman–Crippen LogP) is 5.49. The molecule has 1 saturated heterocycles. The van der Waals surface area contributed by atoms with Crippen molar-refractivity contribution in [1.82, 2.24) is 20.2 Å². The molecule has 1 aliphatic carbocycles. The maximum Gasteiger partial charge on any atom is 0.408 e. The number of imidazole rings is 1. The van der Waals surface area contributed by atoms with Gasteiger partial charge in [-0.3, -0.25) is 9.59 Å². The van der Waals surface area contributed by atoms with Crippen molar-refractivity contribution in [1.29, 1.82) is 0 Å². The highest BCUT2D eigenvalue weighted by molar-refractivity contribution is 6.03. The van der Waals surface area contributed by atoms with Crippen molar-refractivity contribution >= 4 is 35.2 Å². The number of hydrogen-bond donors (Lipinski definition) is 3. The van der Waals surface area contributed by atoms with E-state index in [1.807, 2.05) is 6.07 Å². The maximum absolute atomic E-state index is 12.9. The first-order valence-corrected chi connectivity index (χ1v) is 13.7. The van der Waals surface area contributed by atoms with Gasteiger partial charge in [0.15, 0.2) is 5.82 Å². The topological polar surface area (TPSA) is 116 Å². The third-order valence-electron chi connectivity index (χ3n) is 7.06. The number of piperidine rings is 1. The summed E-state index contributed by atoms with van der Waals surface area (Å²) in [6.07, 6.45) is 10.9. The molecule has 1 aliphatic heterocycles. The summed E-state index contributed by atoms with van der Waals surface area (Å²) in [4.78, 5) is 46.4. The quantitative estimate of drug-likeness (QED) is 0.435. The Morgan fingerprint density at radius 2 is 1.97 bits per heavy atom. The number of aromatic amines is 1. The van der Waals surface area contributed by atoms with Crippen LogP contribution in [0.4, 0.5) is 10.5 Å². The molecular weight excluding hydrogens is 494 g/mol. The van der Waals surface area contributed by atoms with Crippen molar-refractivity contribution in [2.45, 2.75) is 70.8 Å². The number of carbonyl (C=O) groups is 3. The summed E-state index contributed by atoms with van der Waals surface area (Å²) >= 11 is 0. The third kappa shape index (κ3) is 7.59. The van der Waals surface area contributed by atoms with Crippen molar-refractivity contribution in [3.05, 3.63) is 59.7 Å². The minimum atomic E-state index is -0.607. The van der Waals surface area contributed by atoms with Gasteiger partial charge >= 0.3 is 6.09 Å². The molecule has 0 spiro atoms. The van der Waals surface area contributed by atoms with Crippen molar-refractivity contribution in [3.8, 4) is 0 Å². The molecular formula is C30H39N5O4. The second-order valence-corrected chi connectivity index (χ2v) is 11.1. The molecule has 4 rings (SSSR count). The van der Waals surface area contributed by atoms with Gasteiger partial charge in [0.25, 0.3) is 5.91 Å². The van der Waals surface area contributed by atoms with Crippen LogP contribution >= 0.6 is 0 Å². The lowest BCUT2D eigenvalue weighted by atomic mass is 9.85. The fourth-order valence-electron chi connectivity index (χ4n) is 5.05. The summed E-state index contributed by atoms with van der Waals surface area (Å²) in [5.74, 6) is 0.153. The standard InChI is InChI=1S/C30H39N5O4/c1-5-23-18-31-27(33-23)28(37)34-25-12-11-22(17-24(25)21-9-7-6-8-10-21)20-13-15-35(16-14-20)26(36)19-32-29(38)39-30(2,3)4/h5,9,11-12,17-18,20H,1,6-8,10,13-16,19H2,2-4H3,(H,31,33)(H,32,38)(H,34,37). The van der Waals surface area contributed by atoms with Crippen molar-refractivity contribution in [2.75, 3.05) is 25.0 Å². The van der Waals surface area contributed by atoms with Gasteiger partial charge in [0.2, 0.25) is 5.91 Å². The number of ether oxygens (including phenoxy) is 1. The number of H-pyrrole nitrogens is 1. The number of amides is 3. The lowest BCUT2D eigenvalue weighted by Gasteiger charge is -2.33. The monoisotopic (exact) mass is 533 g/mol. The molecule has 9 heteroatoms. The van der Waals surface area contributed by atoms with E-state index in [1.54, 1.807) is 37.9 Å². The first-order valence-electron chi connectivity index (χ1n) is 13.7. The highest BCUT2D eigenvalue weighted by Crippen LogP contribution is 2.36. The molecule has 2 aliphatic rings. The molecule has 3 amide bonds. The lowest BCUT2D eigenvalue weighted by molar-refractivity contribution is -0.131. The van der Waals surface area contributed by atoms with Crippen LogP contribution in [0.15, 0.2) is 37.1 Å². The van der Waals surface area contributed by atoms with Gasteiger partial charge in [0, 0.05) is 24.3 Å². The fraction of sp³-hybridized carbons (Fsp3) is 0.467. The molecule has 0 saturated carbocycles. The van der Waals surface area contributed by atoms with E-state index in [4.69, 9.17) is 4.74 Å². The zero-order chi connectivity index (χ0) is 28.0. The van der Waals surface area contributed by atoms with Gasteiger partial charge in [-0.2, -0.15) is 0 Å². The van der Waals surface area contributed by atoms with Gasteiger partial charge in [-0.15, -0.1) is 0 Å². The van der Waals surface area contributed by atoms with Crippen LogP contribution in [0.3, 0.4) is 0 Å². The van der Waals surface area contributed by atoms with E-state index in [-0.39, 0.29) is 24.2 Å². The zero-order valence-electron chi connectivity index (χ0n) is 23.1. The van der Waals surface area contributed by atoms with Gasteiger partial charge in [-0.05, 0) is 94.6 Å². The molecule has 2 heterocycles. The molecule has 208 valence electrons. The molecule has 1 fully saturated rings. The molecule has 1 aromatic heterocycles. The Labute approximate surface area is 230 Å². The molecule has 0 radical (unpaired) electrons. The van der Waals surface area contributed by atoms with Crippen LogP contribution in [0.25, 0.3) is 11.6 Å². The Kier molecular flexibility index (Phi) is 8.89. The van der Waals surface area contributed by atoms with E-state index >= 15 is 0 Å². The summed E-state index contributed by atoms with van der Waals surface area (Å²) in [7, 11) is 0. The fourth-order valence-corrected chi connectivity index (χ4v) is 5.05. The van der Waals surface area contributed by atoms with Crippen molar-refractivity contribution in [2.24, 2.45) is 0 Å². The Balaban J connectivity index is 1.42. The minimum Gasteiger partial charge on any atom is -0.444 e. The maximum atomic E-state index is 12.9. The van der Waals surface area contributed by atoms with Gasteiger partial charge in [0.05, 0.1) is 11.9 Å². The van der Waals surface area contributed by atoms with Crippen LogP contribution in [0, 0.1) is 0 Å². The lowest BCUT2D eigenvalue weighted by Crippen LogP contribution is -2.44. The second-order valence-electron chi connectivity index (χ2n) is 11.1. The molecule has 9 nitrogen and oxygen atoms in total. The van der Waals surface area contributed by atoms with Crippen LogP contribution < -0.4 is 10.6 Å². The summed E-state index contributed by atoms with van der Waals surface area (Å²) in [5.41, 5.74) is 4.37. The van der Waals surface area contributed by atoms with Gasteiger partial charge in [-0.1, -0.05) is 18.7 Å². The van der Waals surface area contributed by atoms with Gasteiger partial charge < -0.3 is 25.3 Å². The summed E-state index contributed by atoms with van der Waals surface area (Å²) < 4.78 is 5.22. The molecule has 1 aromatic carbocycles. The smallest absolute Gasteiger partial charge is 0.408 e. The number of benzene rings is 1. The van der Waals surface area contributed by atoms with E-state index in [0.717, 1.165) is 43.4 Å². The highest BCUT2D eigenvalue weighted by Gasteiger charge is 2.26. The van der Waals surface area contributed by atoms with Crippen LogP contribution in [-0.2, 0) is 9.53 Å². The van der Waals surface area contributed by atoms with Crippen LogP contribution in [0.1, 0.15) is 92.7 Å². The number of allylic oxidation sites excluding steroid dienone is 2. The van der Waals surface area contributed by atoms with Crippen LogP contribution in [0.2, 0.25) is 0 Å². The number of nitrogens with one attached hydrogen (secondary N) is 3. The average molecular weight is 534 g/mol. The van der Waals surface area contributed by atoms with E-state index in [1.165, 1.54) is 17.6 Å². The van der Waals surface area contributed by atoms with Gasteiger partial charge in [-0.25, -0.2) is 9.78 Å². The zero-order valence-corrected chi connectivity index (χ0v) is 23.1. The number of alkyl carbamates (subject to hydrolysis) is 1. The van der Waals surface area contributed by atoms with Gasteiger partial charge in [0.1, 0.15) is 12.1 Å². The predicted molar refractivity (Wildman–Crippen MR) is 152 cm³/mol.